The van der Waals surface area contributed by atoms with Gasteiger partial charge in [0.05, 0.1) is 6.10 Å². The fourth-order valence-corrected chi connectivity index (χ4v) is 2.99. The van der Waals surface area contributed by atoms with Crippen LogP contribution in [0, 0.1) is 5.82 Å². The van der Waals surface area contributed by atoms with E-state index in [4.69, 9.17) is 11.6 Å². The highest BCUT2D eigenvalue weighted by Crippen LogP contribution is 2.46. The van der Waals surface area contributed by atoms with Gasteiger partial charge >= 0.3 is 0 Å². The maximum atomic E-state index is 13.0. The molecule has 2 atom stereocenters. The highest BCUT2D eigenvalue weighted by Gasteiger charge is 2.32. The summed E-state index contributed by atoms with van der Waals surface area (Å²) in [4.78, 5) is 0. The molecular formula is C15H12ClFO. The summed E-state index contributed by atoms with van der Waals surface area (Å²) in [6.07, 6.45) is 0.110. The highest BCUT2D eigenvalue weighted by molar-refractivity contribution is 6.31. The van der Waals surface area contributed by atoms with Crippen LogP contribution in [0.25, 0.3) is 0 Å². The molecule has 18 heavy (non-hydrogen) atoms. The lowest BCUT2D eigenvalue weighted by molar-refractivity contribution is 0.176. The predicted molar refractivity (Wildman–Crippen MR) is 69.3 cm³/mol. The van der Waals surface area contributed by atoms with Gasteiger partial charge in [-0.15, -0.1) is 0 Å². The van der Waals surface area contributed by atoms with Crippen LogP contribution in [0.3, 0.4) is 0 Å². The monoisotopic (exact) mass is 262 g/mol. The second-order valence-corrected chi connectivity index (χ2v) is 5.01. The van der Waals surface area contributed by atoms with Crippen LogP contribution >= 0.6 is 11.6 Å². The third kappa shape index (κ3) is 1.82. The Bertz CT molecular complexity index is 580. The second kappa shape index (κ2) is 4.38. The summed E-state index contributed by atoms with van der Waals surface area (Å²) in [7, 11) is 0. The minimum Gasteiger partial charge on any atom is -0.388 e. The van der Waals surface area contributed by atoms with Crippen LogP contribution in [-0.2, 0) is 0 Å². The van der Waals surface area contributed by atoms with Gasteiger partial charge in [-0.25, -0.2) is 4.39 Å². The number of fused-ring (bicyclic) bond motifs is 1. The summed E-state index contributed by atoms with van der Waals surface area (Å²) >= 11 is 6.23. The molecule has 0 saturated heterocycles. The van der Waals surface area contributed by atoms with Gasteiger partial charge in [0.25, 0.3) is 0 Å². The van der Waals surface area contributed by atoms with Crippen molar-refractivity contribution in [1.82, 2.24) is 0 Å². The average Bonchev–Trinajstić information content (AvgIpc) is 2.70. The van der Waals surface area contributed by atoms with Crippen molar-refractivity contribution in [1.29, 1.82) is 0 Å². The van der Waals surface area contributed by atoms with Gasteiger partial charge in [-0.05, 0) is 41.3 Å². The third-order valence-corrected chi connectivity index (χ3v) is 3.86. The molecule has 1 aliphatic rings. The standard InChI is InChI=1S/C15H12ClFO/c16-13-3-1-2-11-14(18)8-12(15(11)13)9-4-6-10(17)7-5-9/h1-7,12,14,18H,8H2/t12-,14+/m1/s1. The molecule has 1 aliphatic carbocycles. The summed E-state index contributed by atoms with van der Waals surface area (Å²) < 4.78 is 13.0. The molecule has 92 valence electrons. The van der Waals surface area contributed by atoms with E-state index in [-0.39, 0.29) is 11.7 Å². The second-order valence-electron chi connectivity index (χ2n) is 4.60. The number of benzene rings is 2. The molecule has 1 N–H and O–H groups in total. The summed E-state index contributed by atoms with van der Waals surface area (Å²) in [6, 6.07) is 12.0. The van der Waals surface area contributed by atoms with Crippen LogP contribution < -0.4 is 0 Å². The van der Waals surface area contributed by atoms with Crippen molar-refractivity contribution in [3.05, 3.63) is 70.0 Å². The lowest BCUT2D eigenvalue weighted by Gasteiger charge is -2.13. The molecule has 0 spiro atoms. The van der Waals surface area contributed by atoms with Gasteiger partial charge < -0.3 is 5.11 Å². The Morgan fingerprint density at radius 1 is 1.11 bits per heavy atom. The van der Waals surface area contributed by atoms with E-state index in [0.29, 0.717) is 11.4 Å². The molecule has 0 fully saturated rings. The van der Waals surface area contributed by atoms with Gasteiger partial charge in [-0.2, -0.15) is 0 Å². The molecule has 0 aromatic heterocycles. The summed E-state index contributed by atoms with van der Waals surface area (Å²) in [5.41, 5.74) is 2.84. The molecule has 1 nitrogen and oxygen atoms in total. The van der Waals surface area contributed by atoms with E-state index >= 15 is 0 Å². The summed E-state index contributed by atoms with van der Waals surface area (Å²) in [6.45, 7) is 0. The number of hydrogen-bond donors (Lipinski definition) is 1. The number of rotatable bonds is 1. The minimum atomic E-state index is -0.492. The molecule has 0 amide bonds. The van der Waals surface area contributed by atoms with Gasteiger partial charge in [-0.3, -0.25) is 0 Å². The van der Waals surface area contributed by atoms with Crippen molar-refractivity contribution in [2.24, 2.45) is 0 Å². The maximum absolute atomic E-state index is 13.0. The summed E-state index contributed by atoms with van der Waals surface area (Å²) in [5, 5.41) is 10.7. The highest BCUT2D eigenvalue weighted by atomic mass is 35.5. The van der Waals surface area contributed by atoms with E-state index in [1.165, 1.54) is 12.1 Å². The van der Waals surface area contributed by atoms with Crippen LogP contribution in [-0.4, -0.2) is 5.11 Å². The van der Waals surface area contributed by atoms with Crippen LogP contribution in [0.15, 0.2) is 42.5 Å². The fourth-order valence-electron chi connectivity index (χ4n) is 2.68. The van der Waals surface area contributed by atoms with Crippen LogP contribution in [0.5, 0.6) is 0 Å². The van der Waals surface area contributed by atoms with Crippen molar-refractivity contribution in [2.45, 2.75) is 18.4 Å². The van der Waals surface area contributed by atoms with Gasteiger partial charge in [0.1, 0.15) is 5.82 Å². The molecular weight excluding hydrogens is 251 g/mol. The van der Waals surface area contributed by atoms with E-state index in [2.05, 4.69) is 0 Å². The first-order valence-electron chi connectivity index (χ1n) is 5.88. The third-order valence-electron chi connectivity index (χ3n) is 3.53. The minimum absolute atomic E-state index is 0.0456. The average molecular weight is 263 g/mol. The topological polar surface area (TPSA) is 20.2 Å². The first-order valence-corrected chi connectivity index (χ1v) is 6.26. The zero-order valence-electron chi connectivity index (χ0n) is 9.61. The van der Waals surface area contributed by atoms with Gasteiger partial charge in [0.15, 0.2) is 0 Å². The van der Waals surface area contributed by atoms with Gasteiger partial charge in [-0.1, -0.05) is 35.9 Å². The van der Waals surface area contributed by atoms with E-state index in [9.17, 15) is 9.50 Å². The SMILES string of the molecule is O[C@H]1C[C@H](c2ccc(F)cc2)c2c(Cl)cccc21. The Morgan fingerprint density at radius 3 is 2.56 bits per heavy atom. The Balaban J connectivity index is 2.10. The maximum Gasteiger partial charge on any atom is 0.123 e. The first kappa shape index (κ1) is 11.7. The Kier molecular flexibility index (Phi) is 2.84. The lowest BCUT2D eigenvalue weighted by atomic mass is 9.93. The number of aliphatic hydroxyl groups is 1. The van der Waals surface area contributed by atoms with E-state index in [1.807, 2.05) is 18.2 Å². The molecule has 3 rings (SSSR count). The van der Waals surface area contributed by atoms with Crippen LogP contribution in [0.1, 0.15) is 35.1 Å². The van der Waals surface area contributed by atoms with Crippen LogP contribution in [0.4, 0.5) is 4.39 Å². The van der Waals surface area contributed by atoms with Crippen LogP contribution in [0.2, 0.25) is 5.02 Å². The summed E-state index contributed by atoms with van der Waals surface area (Å²) in [5.74, 6) is -0.207. The lowest BCUT2D eigenvalue weighted by Crippen LogP contribution is -1.97. The largest absolute Gasteiger partial charge is 0.388 e. The molecule has 0 heterocycles. The molecule has 0 saturated carbocycles. The number of hydrogen-bond acceptors (Lipinski definition) is 1. The molecule has 0 bridgehead atoms. The van der Waals surface area contributed by atoms with Crippen molar-refractivity contribution < 1.29 is 9.50 Å². The van der Waals surface area contributed by atoms with Crippen molar-refractivity contribution in [3.63, 3.8) is 0 Å². The quantitative estimate of drug-likeness (QED) is 0.822. The molecule has 2 aromatic rings. The fraction of sp³-hybridized carbons (Fsp3) is 0.200. The zero-order chi connectivity index (χ0) is 12.7. The van der Waals surface area contributed by atoms with E-state index in [0.717, 1.165) is 16.7 Å². The van der Waals surface area contributed by atoms with Gasteiger partial charge in [0.2, 0.25) is 0 Å². The Morgan fingerprint density at radius 2 is 1.83 bits per heavy atom. The molecule has 0 unspecified atom stereocenters. The molecule has 0 radical (unpaired) electrons. The zero-order valence-corrected chi connectivity index (χ0v) is 10.4. The van der Waals surface area contributed by atoms with Crippen molar-refractivity contribution >= 4 is 11.6 Å². The molecule has 0 aliphatic heterocycles. The smallest absolute Gasteiger partial charge is 0.123 e. The molecule has 3 heteroatoms. The number of aliphatic hydroxyl groups excluding tert-OH is 1. The molecule has 2 aromatic carbocycles. The predicted octanol–water partition coefficient (Wildman–Crippen LogP) is 4.05. The number of halogens is 2. The van der Waals surface area contributed by atoms with Crippen molar-refractivity contribution in [3.8, 4) is 0 Å². The Labute approximate surface area is 110 Å². The van der Waals surface area contributed by atoms with E-state index in [1.54, 1.807) is 12.1 Å². The first-order chi connectivity index (χ1) is 8.66. The van der Waals surface area contributed by atoms with Gasteiger partial charge in [0, 0.05) is 10.9 Å². The van der Waals surface area contributed by atoms with E-state index < -0.39 is 6.10 Å². The normalized spacial score (nSPS) is 21.9. The van der Waals surface area contributed by atoms with Crippen molar-refractivity contribution in [2.75, 3.05) is 0 Å². The Hall–Kier alpha value is -1.38.